The van der Waals surface area contributed by atoms with Crippen LogP contribution in [-0.4, -0.2) is 50.0 Å². The van der Waals surface area contributed by atoms with E-state index in [9.17, 15) is 18.0 Å². The van der Waals surface area contributed by atoms with Crippen molar-refractivity contribution in [1.82, 2.24) is 10.2 Å². The molecule has 0 spiro atoms. The van der Waals surface area contributed by atoms with Crippen LogP contribution in [0.3, 0.4) is 0 Å². The molecule has 0 saturated heterocycles. The molecule has 3 rings (SSSR count). The number of rotatable bonds is 10. The summed E-state index contributed by atoms with van der Waals surface area (Å²) in [6, 6.07) is 18.8. The molecule has 7 nitrogen and oxygen atoms in total. The Kier molecular flexibility index (Phi) is 8.98. The summed E-state index contributed by atoms with van der Waals surface area (Å²) in [5.41, 5.74) is 1.14. The molecule has 9 heteroatoms. The second-order valence-electron chi connectivity index (χ2n) is 8.91. The SMILES string of the molecule is CC[C@H](C)NC(=O)[C@H](C)N(Cc1cccc(Cl)c1)C(=O)CN(c1cccc2ccccc12)S(C)(=O)=O. The van der Waals surface area contributed by atoms with E-state index in [1.54, 1.807) is 37.3 Å². The molecule has 0 aliphatic rings. The van der Waals surface area contributed by atoms with Crippen LogP contribution in [0.5, 0.6) is 0 Å². The number of amides is 2. The molecule has 1 N–H and O–H groups in total. The molecule has 3 aromatic carbocycles. The molecule has 2 atom stereocenters. The third-order valence-electron chi connectivity index (χ3n) is 6.12. The van der Waals surface area contributed by atoms with Gasteiger partial charge in [-0.3, -0.25) is 13.9 Å². The smallest absolute Gasteiger partial charge is 0.244 e. The standard InChI is InChI=1S/C27H32ClN3O4S/c1-5-19(2)29-27(33)20(3)30(17-21-10-8-13-23(28)16-21)26(32)18-31(36(4,34)35)25-15-9-12-22-11-6-7-14-24(22)25/h6-16,19-20H,5,17-18H2,1-4H3,(H,29,33)/t19-,20-/m0/s1. The lowest BCUT2D eigenvalue weighted by Gasteiger charge is -2.32. The van der Waals surface area contributed by atoms with Crippen LogP contribution in [0, 0.1) is 0 Å². The Balaban J connectivity index is 1.99. The van der Waals surface area contributed by atoms with E-state index >= 15 is 0 Å². The average Bonchev–Trinajstić information content (AvgIpc) is 2.84. The van der Waals surface area contributed by atoms with Crippen molar-refractivity contribution in [2.24, 2.45) is 0 Å². The topological polar surface area (TPSA) is 86.8 Å². The molecule has 0 radical (unpaired) electrons. The summed E-state index contributed by atoms with van der Waals surface area (Å²) < 4.78 is 26.9. The van der Waals surface area contributed by atoms with E-state index < -0.39 is 28.5 Å². The summed E-state index contributed by atoms with van der Waals surface area (Å²) in [6.45, 7) is 5.14. The van der Waals surface area contributed by atoms with Crippen LogP contribution in [0.2, 0.25) is 5.02 Å². The first-order chi connectivity index (χ1) is 17.0. The lowest BCUT2D eigenvalue weighted by atomic mass is 10.1. The van der Waals surface area contributed by atoms with Gasteiger partial charge in [-0.1, -0.05) is 67.1 Å². The van der Waals surface area contributed by atoms with Gasteiger partial charge >= 0.3 is 0 Å². The van der Waals surface area contributed by atoms with Gasteiger partial charge in [-0.25, -0.2) is 8.42 Å². The first-order valence-electron chi connectivity index (χ1n) is 11.8. The number of benzene rings is 3. The molecule has 0 aromatic heterocycles. The number of anilines is 1. The fourth-order valence-corrected chi connectivity index (χ4v) is 4.98. The minimum atomic E-state index is -3.82. The van der Waals surface area contributed by atoms with Gasteiger partial charge in [-0.05, 0) is 49.4 Å². The van der Waals surface area contributed by atoms with Crippen LogP contribution in [-0.2, 0) is 26.2 Å². The average molecular weight is 530 g/mol. The molecule has 0 fully saturated rings. The second-order valence-corrected chi connectivity index (χ2v) is 11.3. The highest BCUT2D eigenvalue weighted by molar-refractivity contribution is 7.92. The maximum Gasteiger partial charge on any atom is 0.244 e. The van der Waals surface area contributed by atoms with Crippen LogP contribution < -0.4 is 9.62 Å². The first kappa shape index (κ1) is 27.5. The molecule has 0 saturated carbocycles. The number of hydrogen-bond donors (Lipinski definition) is 1. The van der Waals surface area contributed by atoms with E-state index in [0.29, 0.717) is 16.1 Å². The zero-order chi connectivity index (χ0) is 26.5. The molecule has 3 aromatic rings. The highest BCUT2D eigenvalue weighted by Gasteiger charge is 2.31. The monoisotopic (exact) mass is 529 g/mol. The Morgan fingerprint density at radius 2 is 1.67 bits per heavy atom. The van der Waals surface area contributed by atoms with Gasteiger partial charge in [0.05, 0.1) is 11.9 Å². The predicted molar refractivity (Wildman–Crippen MR) is 145 cm³/mol. The number of halogens is 1. The highest BCUT2D eigenvalue weighted by Crippen LogP contribution is 2.28. The van der Waals surface area contributed by atoms with Crippen molar-refractivity contribution in [2.45, 2.75) is 45.8 Å². The third kappa shape index (κ3) is 6.77. The van der Waals surface area contributed by atoms with Crippen LogP contribution in [0.25, 0.3) is 10.8 Å². The number of nitrogens with zero attached hydrogens (tertiary/aromatic N) is 2. The van der Waals surface area contributed by atoms with Crippen LogP contribution in [0.15, 0.2) is 66.7 Å². The van der Waals surface area contributed by atoms with Gasteiger partial charge in [0.15, 0.2) is 0 Å². The number of nitrogens with one attached hydrogen (secondary N) is 1. The lowest BCUT2D eigenvalue weighted by molar-refractivity contribution is -0.139. The zero-order valence-corrected chi connectivity index (χ0v) is 22.5. The fourth-order valence-electron chi connectivity index (χ4n) is 3.90. The van der Waals surface area contributed by atoms with Gasteiger partial charge in [0.2, 0.25) is 21.8 Å². The minimum absolute atomic E-state index is 0.0636. The molecule has 0 aliphatic carbocycles. The van der Waals surface area contributed by atoms with E-state index in [4.69, 9.17) is 11.6 Å². The van der Waals surface area contributed by atoms with Crippen LogP contribution in [0.1, 0.15) is 32.8 Å². The van der Waals surface area contributed by atoms with Crippen molar-refractivity contribution in [3.8, 4) is 0 Å². The van der Waals surface area contributed by atoms with Crippen LogP contribution in [0.4, 0.5) is 5.69 Å². The van der Waals surface area contributed by atoms with Crippen molar-refractivity contribution in [1.29, 1.82) is 0 Å². The van der Waals surface area contributed by atoms with Gasteiger partial charge in [-0.2, -0.15) is 0 Å². The molecule has 0 aliphatic heterocycles. The Morgan fingerprint density at radius 3 is 2.33 bits per heavy atom. The Labute approximate surface area is 218 Å². The van der Waals surface area contributed by atoms with E-state index in [2.05, 4.69) is 5.32 Å². The maximum absolute atomic E-state index is 13.7. The van der Waals surface area contributed by atoms with Crippen molar-refractivity contribution >= 4 is 49.9 Å². The quantitative estimate of drug-likeness (QED) is 0.416. The van der Waals surface area contributed by atoms with Gasteiger partial charge < -0.3 is 10.2 Å². The van der Waals surface area contributed by atoms with Gasteiger partial charge in [-0.15, -0.1) is 0 Å². The second kappa shape index (κ2) is 11.8. The summed E-state index contributed by atoms with van der Waals surface area (Å²) in [7, 11) is -3.82. The predicted octanol–water partition coefficient (Wildman–Crippen LogP) is 4.59. The Morgan fingerprint density at radius 1 is 1.00 bits per heavy atom. The lowest BCUT2D eigenvalue weighted by Crippen LogP contribution is -2.52. The Bertz CT molecular complexity index is 1340. The number of carbonyl (C=O) groups is 2. The van der Waals surface area contributed by atoms with E-state index in [1.165, 1.54) is 4.90 Å². The van der Waals surface area contributed by atoms with Crippen molar-refractivity contribution in [2.75, 3.05) is 17.1 Å². The van der Waals surface area contributed by atoms with Crippen molar-refractivity contribution in [3.05, 3.63) is 77.3 Å². The summed E-state index contributed by atoms with van der Waals surface area (Å²) >= 11 is 6.15. The van der Waals surface area contributed by atoms with Crippen molar-refractivity contribution in [3.63, 3.8) is 0 Å². The number of fused-ring (bicyclic) bond motifs is 1. The third-order valence-corrected chi connectivity index (χ3v) is 7.49. The molecular weight excluding hydrogens is 498 g/mol. The maximum atomic E-state index is 13.7. The molecule has 192 valence electrons. The van der Waals surface area contributed by atoms with E-state index in [-0.39, 0.29) is 18.5 Å². The van der Waals surface area contributed by atoms with Gasteiger partial charge in [0, 0.05) is 23.0 Å². The summed E-state index contributed by atoms with van der Waals surface area (Å²) in [5.74, 6) is -0.809. The summed E-state index contributed by atoms with van der Waals surface area (Å²) in [6.07, 6.45) is 1.81. The van der Waals surface area contributed by atoms with Gasteiger partial charge in [0.25, 0.3) is 0 Å². The first-order valence-corrected chi connectivity index (χ1v) is 14.0. The van der Waals surface area contributed by atoms with Crippen molar-refractivity contribution < 1.29 is 18.0 Å². The summed E-state index contributed by atoms with van der Waals surface area (Å²) in [4.78, 5) is 28.1. The van der Waals surface area contributed by atoms with E-state index in [1.807, 2.05) is 50.2 Å². The van der Waals surface area contributed by atoms with Crippen LogP contribution >= 0.6 is 11.6 Å². The number of hydrogen-bond acceptors (Lipinski definition) is 4. The minimum Gasteiger partial charge on any atom is -0.352 e. The zero-order valence-electron chi connectivity index (χ0n) is 20.9. The number of sulfonamides is 1. The molecule has 0 heterocycles. The number of carbonyl (C=O) groups excluding carboxylic acids is 2. The largest absolute Gasteiger partial charge is 0.352 e. The Hall–Kier alpha value is -3.10. The molecule has 0 unspecified atom stereocenters. The highest BCUT2D eigenvalue weighted by atomic mass is 35.5. The molecule has 0 bridgehead atoms. The van der Waals surface area contributed by atoms with E-state index in [0.717, 1.165) is 27.9 Å². The normalized spacial score (nSPS) is 13.1. The van der Waals surface area contributed by atoms with Gasteiger partial charge in [0.1, 0.15) is 12.6 Å². The molecular formula is C27H32ClN3O4S. The molecule has 36 heavy (non-hydrogen) atoms. The summed E-state index contributed by atoms with van der Waals surface area (Å²) in [5, 5.41) is 4.98. The molecule has 2 amide bonds. The fraction of sp³-hybridized carbons (Fsp3) is 0.333.